The number of carbonyl (C=O) groups excluding carboxylic acids is 1. The third kappa shape index (κ3) is 3.10. The van der Waals surface area contributed by atoms with Gasteiger partial charge >= 0.3 is 5.97 Å². The summed E-state index contributed by atoms with van der Waals surface area (Å²) in [4.78, 5) is 18.6. The molecule has 2 aromatic rings. The van der Waals surface area contributed by atoms with Crippen LogP contribution < -0.4 is 4.90 Å². The highest BCUT2D eigenvalue weighted by Crippen LogP contribution is 2.37. The van der Waals surface area contributed by atoms with E-state index in [0.717, 1.165) is 18.6 Å². The van der Waals surface area contributed by atoms with Crippen molar-refractivity contribution in [3.05, 3.63) is 46.8 Å². The number of esters is 1. The Hall–Kier alpha value is -2.44. The number of carbonyl (C=O) groups is 1. The quantitative estimate of drug-likeness (QED) is 0.793. The molecule has 1 aliphatic heterocycles. The lowest BCUT2D eigenvalue weighted by Gasteiger charge is -2.26. The fourth-order valence-electron chi connectivity index (χ4n) is 3.46. The Morgan fingerprint density at radius 2 is 2.16 bits per heavy atom. The maximum absolute atomic E-state index is 14.2. The number of hydrogen-bond acceptors (Lipinski definition) is 4. The molecule has 0 N–H and O–H groups in total. The molecular weight excluding hydrogens is 328 g/mol. The highest BCUT2D eigenvalue weighted by Gasteiger charge is 2.33. The average Bonchev–Trinajstić information content (AvgIpc) is 3.14. The van der Waals surface area contributed by atoms with E-state index in [0.29, 0.717) is 35.9 Å². The highest BCUT2D eigenvalue weighted by molar-refractivity contribution is 5.89. The Kier molecular flexibility index (Phi) is 4.74. The molecule has 1 atom stereocenters. The topological polar surface area (TPSA) is 47.4 Å². The minimum absolute atomic E-state index is 0.277. The SMILES string of the molecule is CCOC(=O)c1c(C)nc(N2CCCC2c2cc(F)ccc2F)n1C. The molecule has 1 fully saturated rings. The maximum atomic E-state index is 14.2. The third-order valence-electron chi connectivity index (χ3n) is 4.54. The van der Waals surface area contributed by atoms with Crippen molar-refractivity contribution >= 4 is 11.9 Å². The lowest BCUT2D eigenvalue weighted by Crippen LogP contribution is -2.26. The monoisotopic (exact) mass is 349 g/mol. The second kappa shape index (κ2) is 6.82. The van der Waals surface area contributed by atoms with E-state index < -0.39 is 17.6 Å². The summed E-state index contributed by atoms with van der Waals surface area (Å²) in [6, 6.07) is 3.18. The molecule has 0 spiro atoms. The predicted molar refractivity (Wildman–Crippen MR) is 89.6 cm³/mol. The molecule has 1 aromatic heterocycles. The summed E-state index contributed by atoms with van der Waals surface area (Å²) in [7, 11) is 1.74. The van der Waals surface area contributed by atoms with Gasteiger partial charge in [0.2, 0.25) is 5.95 Å². The van der Waals surface area contributed by atoms with E-state index in [9.17, 15) is 13.6 Å². The Bertz CT molecular complexity index is 804. The molecular formula is C18H21F2N3O2. The standard InChI is InChI=1S/C18H21F2N3O2/c1-4-25-17(24)16-11(2)21-18(22(16)3)23-9-5-6-15(23)13-10-12(19)7-8-14(13)20/h7-8,10,15H,4-6,9H2,1-3H3. The fraction of sp³-hybridized carbons (Fsp3) is 0.444. The predicted octanol–water partition coefficient (Wildman–Crippen LogP) is 3.52. The molecule has 134 valence electrons. The first kappa shape index (κ1) is 17.4. The second-order valence-electron chi connectivity index (χ2n) is 6.14. The van der Waals surface area contributed by atoms with E-state index in [4.69, 9.17) is 4.74 Å². The maximum Gasteiger partial charge on any atom is 0.356 e. The summed E-state index contributed by atoms with van der Waals surface area (Å²) in [5.74, 6) is -0.776. The first-order valence-corrected chi connectivity index (χ1v) is 8.36. The zero-order valence-corrected chi connectivity index (χ0v) is 14.6. The number of benzene rings is 1. The van der Waals surface area contributed by atoms with Crippen LogP contribution in [0.3, 0.4) is 0 Å². The van der Waals surface area contributed by atoms with Crippen molar-refractivity contribution in [2.45, 2.75) is 32.7 Å². The van der Waals surface area contributed by atoms with Gasteiger partial charge in [-0.05, 0) is 44.9 Å². The van der Waals surface area contributed by atoms with Gasteiger partial charge in [-0.15, -0.1) is 0 Å². The van der Waals surface area contributed by atoms with Crippen molar-refractivity contribution in [1.82, 2.24) is 9.55 Å². The highest BCUT2D eigenvalue weighted by atomic mass is 19.1. The number of anilines is 1. The normalized spacial score (nSPS) is 17.2. The lowest BCUT2D eigenvalue weighted by atomic mass is 10.0. The summed E-state index contributed by atoms with van der Waals surface area (Å²) in [5, 5.41) is 0. The van der Waals surface area contributed by atoms with Crippen molar-refractivity contribution in [3.8, 4) is 0 Å². The number of hydrogen-bond donors (Lipinski definition) is 0. The number of aromatic nitrogens is 2. The van der Waals surface area contributed by atoms with Gasteiger partial charge < -0.3 is 14.2 Å². The van der Waals surface area contributed by atoms with Gasteiger partial charge in [-0.2, -0.15) is 0 Å². The molecule has 1 unspecified atom stereocenters. The van der Waals surface area contributed by atoms with Gasteiger partial charge in [0.25, 0.3) is 0 Å². The van der Waals surface area contributed by atoms with Gasteiger partial charge in [-0.1, -0.05) is 0 Å². The Balaban J connectivity index is 2.00. The lowest BCUT2D eigenvalue weighted by molar-refractivity contribution is 0.0514. The van der Waals surface area contributed by atoms with Crippen LogP contribution in [0.2, 0.25) is 0 Å². The number of nitrogens with zero attached hydrogens (tertiary/aromatic N) is 3. The van der Waals surface area contributed by atoms with Crippen LogP contribution in [0.15, 0.2) is 18.2 Å². The molecule has 1 aliphatic rings. The van der Waals surface area contributed by atoms with Crippen LogP contribution in [0.4, 0.5) is 14.7 Å². The second-order valence-corrected chi connectivity index (χ2v) is 6.14. The number of rotatable bonds is 4. The molecule has 1 aromatic carbocycles. The van der Waals surface area contributed by atoms with E-state index in [2.05, 4.69) is 4.98 Å². The fourth-order valence-corrected chi connectivity index (χ4v) is 3.46. The van der Waals surface area contributed by atoms with E-state index in [-0.39, 0.29) is 12.6 Å². The van der Waals surface area contributed by atoms with E-state index >= 15 is 0 Å². The Morgan fingerprint density at radius 3 is 2.88 bits per heavy atom. The van der Waals surface area contributed by atoms with Gasteiger partial charge in [0, 0.05) is 19.2 Å². The zero-order chi connectivity index (χ0) is 18.1. The first-order valence-electron chi connectivity index (χ1n) is 8.36. The van der Waals surface area contributed by atoms with E-state index in [1.54, 1.807) is 25.5 Å². The van der Waals surface area contributed by atoms with Crippen molar-refractivity contribution in [2.75, 3.05) is 18.1 Å². The summed E-state index contributed by atoms with van der Waals surface area (Å²) in [6.45, 7) is 4.42. The molecule has 25 heavy (non-hydrogen) atoms. The van der Waals surface area contributed by atoms with Crippen LogP contribution in [-0.4, -0.2) is 28.7 Å². The first-order chi connectivity index (χ1) is 11.9. The molecule has 2 heterocycles. The van der Waals surface area contributed by atoms with Gasteiger partial charge in [0.05, 0.1) is 18.3 Å². The molecule has 1 saturated heterocycles. The number of aryl methyl sites for hydroxylation is 1. The van der Waals surface area contributed by atoms with E-state index in [1.165, 1.54) is 6.07 Å². The molecule has 7 heteroatoms. The van der Waals surface area contributed by atoms with Crippen LogP contribution in [0.25, 0.3) is 0 Å². The van der Waals surface area contributed by atoms with Crippen LogP contribution in [0.5, 0.6) is 0 Å². The molecule has 3 rings (SSSR count). The molecule has 5 nitrogen and oxygen atoms in total. The van der Waals surface area contributed by atoms with Crippen molar-refractivity contribution in [3.63, 3.8) is 0 Å². The minimum Gasteiger partial charge on any atom is -0.461 e. The largest absolute Gasteiger partial charge is 0.461 e. The molecule has 0 aliphatic carbocycles. The summed E-state index contributed by atoms with van der Waals surface area (Å²) in [6.07, 6.45) is 1.53. The van der Waals surface area contributed by atoms with Crippen molar-refractivity contribution in [2.24, 2.45) is 7.05 Å². The minimum atomic E-state index is -0.466. The summed E-state index contributed by atoms with van der Waals surface area (Å²) < 4.78 is 34.6. The summed E-state index contributed by atoms with van der Waals surface area (Å²) >= 11 is 0. The van der Waals surface area contributed by atoms with Crippen LogP contribution in [0.1, 0.15) is 47.6 Å². The van der Waals surface area contributed by atoms with Gasteiger partial charge in [0.15, 0.2) is 5.69 Å². The van der Waals surface area contributed by atoms with Gasteiger partial charge in [-0.25, -0.2) is 18.6 Å². The third-order valence-corrected chi connectivity index (χ3v) is 4.54. The van der Waals surface area contributed by atoms with Crippen LogP contribution in [0, 0.1) is 18.6 Å². The number of imidazole rings is 1. The number of halogens is 2. The number of ether oxygens (including phenoxy) is 1. The van der Waals surface area contributed by atoms with E-state index in [1.807, 2.05) is 4.90 Å². The smallest absolute Gasteiger partial charge is 0.356 e. The Morgan fingerprint density at radius 1 is 1.40 bits per heavy atom. The van der Waals surface area contributed by atoms with Crippen molar-refractivity contribution in [1.29, 1.82) is 0 Å². The van der Waals surface area contributed by atoms with Crippen LogP contribution in [-0.2, 0) is 11.8 Å². The average molecular weight is 349 g/mol. The molecule has 0 radical (unpaired) electrons. The molecule has 0 amide bonds. The van der Waals surface area contributed by atoms with Gasteiger partial charge in [-0.3, -0.25) is 0 Å². The van der Waals surface area contributed by atoms with Gasteiger partial charge in [0.1, 0.15) is 11.6 Å². The zero-order valence-electron chi connectivity index (χ0n) is 14.6. The molecule has 0 bridgehead atoms. The van der Waals surface area contributed by atoms with Crippen molar-refractivity contribution < 1.29 is 18.3 Å². The van der Waals surface area contributed by atoms with Crippen LogP contribution >= 0.6 is 0 Å². The molecule has 0 saturated carbocycles. The Labute approximate surface area is 145 Å². The summed E-state index contributed by atoms with van der Waals surface area (Å²) in [5.41, 5.74) is 1.25.